The van der Waals surface area contributed by atoms with Crippen LogP contribution in [0.4, 0.5) is 0 Å². The zero-order valence-corrected chi connectivity index (χ0v) is 11.0. The van der Waals surface area contributed by atoms with Crippen molar-refractivity contribution < 1.29 is 9.21 Å². The van der Waals surface area contributed by atoms with Crippen LogP contribution in [0.15, 0.2) is 16.5 Å². The number of furan rings is 1. The maximum Gasteiger partial charge on any atom is 0.136 e. The third-order valence-corrected chi connectivity index (χ3v) is 3.87. The molecule has 0 aliphatic heterocycles. The first-order valence-corrected chi connectivity index (χ1v) is 6.72. The van der Waals surface area contributed by atoms with Gasteiger partial charge in [-0.2, -0.15) is 0 Å². The van der Waals surface area contributed by atoms with Gasteiger partial charge in [-0.25, -0.2) is 0 Å². The van der Waals surface area contributed by atoms with Gasteiger partial charge in [-0.15, -0.1) is 0 Å². The Morgan fingerprint density at radius 2 is 1.88 bits per heavy atom. The Morgan fingerprint density at radius 1 is 1.18 bits per heavy atom. The highest BCUT2D eigenvalue weighted by Gasteiger charge is 2.30. The van der Waals surface area contributed by atoms with Gasteiger partial charge in [0.2, 0.25) is 0 Å². The summed E-state index contributed by atoms with van der Waals surface area (Å²) in [4.78, 5) is 11.9. The van der Waals surface area contributed by atoms with E-state index in [0.717, 1.165) is 30.8 Å². The standard InChI is InChI=1S/C15H22O2/c1-10(2)14-8-9-15(17-14)11(3)12-6-4-5-7-13(12)16/h8-12H,4-7H2,1-3H3. The fourth-order valence-corrected chi connectivity index (χ4v) is 2.66. The molecule has 0 aromatic carbocycles. The van der Waals surface area contributed by atoms with Crippen molar-refractivity contribution in [3.05, 3.63) is 23.7 Å². The maximum atomic E-state index is 11.9. The van der Waals surface area contributed by atoms with Gasteiger partial charge in [0.15, 0.2) is 0 Å². The lowest BCUT2D eigenvalue weighted by molar-refractivity contribution is -0.125. The summed E-state index contributed by atoms with van der Waals surface area (Å²) in [5.41, 5.74) is 0. The summed E-state index contributed by atoms with van der Waals surface area (Å²) in [5, 5.41) is 0. The van der Waals surface area contributed by atoms with Crippen LogP contribution in [0.5, 0.6) is 0 Å². The van der Waals surface area contributed by atoms with E-state index in [1.807, 2.05) is 12.1 Å². The monoisotopic (exact) mass is 234 g/mol. The predicted octanol–water partition coefficient (Wildman–Crippen LogP) is 4.27. The third-order valence-electron chi connectivity index (χ3n) is 3.87. The third kappa shape index (κ3) is 2.62. The van der Waals surface area contributed by atoms with Crippen LogP contribution in [0, 0.1) is 5.92 Å². The van der Waals surface area contributed by atoms with E-state index in [4.69, 9.17) is 4.42 Å². The van der Waals surface area contributed by atoms with Gasteiger partial charge < -0.3 is 4.42 Å². The van der Waals surface area contributed by atoms with Gasteiger partial charge in [0.1, 0.15) is 17.3 Å². The van der Waals surface area contributed by atoms with Crippen molar-refractivity contribution in [2.75, 3.05) is 0 Å². The van der Waals surface area contributed by atoms with Crippen molar-refractivity contribution in [3.8, 4) is 0 Å². The summed E-state index contributed by atoms with van der Waals surface area (Å²) in [7, 11) is 0. The summed E-state index contributed by atoms with van der Waals surface area (Å²) in [6.45, 7) is 6.37. The molecule has 0 spiro atoms. The Balaban J connectivity index is 2.12. The van der Waals surface area contributed by atoms with E-state index >= 15 is 0 Å². The fourth-order valence-electron chi connectivity index (χ4n) is 2.66. The molecule has 1 aliphatic carbocycles. The molecule has 1 heterocycles. The molecule has 17 heavy (non-hydrogen) atoms. The second-order valence-corrected chi connectivity index (χ2v) is 5.50. The zero-order valence-electron chi connectivity index (χ0n) is 11.0. The molecule has 2 unspecified atom stereocenters. The zero-order chi connectivity index (χ0) is 12.4. The molecule has 2 rings (SSSR count). The molecular formula is C15H22O2. The highest BCUT2D eigenvalue weighted by molar-refractivity contribution is 5.82. The lowest BCUT2D eigenvalue weighted by atomic mass is 9.79. The minimum Gasteiger partial charge on any atom is -0.466 e. The van der Waals surface area contributed by atoms with Crippen LogP contribution >= 0.6 is 0 Å². The van der Waals surface area contributed by atoms with E-state index in [1.54, 1.807) is 0 Å². The molecule has 2 nitrogen and oxygen atoms in total. The van der Waals surface area contributed by atoms with Crippen molar-refractivity contribution in [1.82, 2.24) is 0 Å². The number of ketones is 1. The summed E-state index contributed by atoms with van der Waals surface area (Å²) in [5.74, 6) is 3.25. The first-order chi connectivity index (χ1) is 8.09. The van der Waals surface area contributed by atoms with Gasteiger partial charge >= 0.3 is 0 Å². The van der Waals surface area contributed by atoms with Crippen molar-refractivity contribution in [2.24, 2.45) is 5.92 Å². The van der Waals surface area contributed by atoms with Gasteiger partial charge in [0.25, 0.3) is 0 Å². The van der Waals surface area contributed by atoms with Crippen LogP contribution in [0.2, 0.25) is 0 Å². The largest absolute Gasteiger partial charge is 0.466 e. The number of rotatable bonds is 3. The van der Waals surface area contributed by atoms with E-state index in [-0.39, 0.29) is 11.8 Å². The van der Waals surface area contributed by atoms with E-state index in [0.29, 0.717) is 11.7 Å². The Hall–Kier alpha value is -1.05. The van der Waals surface area contributed by atoms with E-state index < -0.39 is 0 Å². The average Bonchev–Trinajstić information content (AvgIpc) is 2.78. The highest BCUT2D eigenvalue weighted by Crippen LogP contribution is 2.35. The van der Waals surface area contributed by atoms with E-state index in [2.05, 4.69) is 20.8 Å². The number of carbonyl (C=O) groups is 1. The second-order valence-electron chi connectivity index (χ2n) is 5.50. The topological polar surface area (TPSA) is 30.2 Å². The molecule has 1 fully saturated rings. The molecule has 2 heteroatoms. The van der Waals surface area contributed by atoms with Crippen LogP contribution in [0.1, 0.15) is 69.8 Å². The summed E-state index contributed by atoms with van der Waals surface area (Å²) in [6, 6.07) is 4.09. The molecule has 2 atom stereocenters. The lowest BCUT2D eigenvalue weighted by Gasteiger charge is -2.25. The average molecular weight is 234 g/mol. The van der Waals surface area contributed by atoms with Gasteiger partial charge in [-0.3, -0.25) is 4.79 Å². The fraction of sp³-hybridized carbons (Fsp3) is 0.667. The molecular weight excluding hydrogens is 212 g/mol. The molecule has 0 radical (unpaired) electrons. The molecule has 0 saturated heterocycles. The number of carbonyl (C=O) groups excluding carboxylic acids is 1. The van der Waals surface area contributed by atoms with Crippen molar-refractivity contribution >= 4 is 5.78 Å². The minimum absolute atomic E-state index is 0.176. The first-order valence-electron chi connectivity index (χ1n) is 6.72. The molecule has 0 bridgehead atoms. The maximum absolute atomic E-state index is 11.9. The Bertz CT molecular complexity index is 389. The number of hydrogen-bond donors (Lipinski definition) is 0. The Labute approximate surface area is 103 Å². The summed E-state index contributed by atoms with van der Waals surface area (Å²) in [6.07, 6.45) is 4.03. The van der Waals surface area contributed by atoms with Crippen LogP contribution in [-0.2, 0) is 4.79 Å². The van der Waals surface area contributed by atoms with E-state index in [9.17, 15) is 4.79 Å². The lowest BCUT2D eigenvalue weighted by Crippen LogP contribution is -2.23. The molecule has 0 amide bonds. The SMILES string of the molecule is CC(C)c1ccc(C(C)C2CCCCC2=O)o1. The second kappa shape index (κ2) is 5.07. The van der Waals surface area contributed by atoms with Crippen molar-refractivity contribution in [1.29, 1.82) is 0 Å². The molecule has 1 aliphatic rings. The predicted molar refractivity (Wildman–Crippen MR) is 68.2 cm³/mol. The summed E-state index contributed by atoms with van der Waals surface area (Å²) < 4.78 is 5.86. The molecule has 1 saturated carbocycles. The van der Waals surface area contributed by atoms with Crippen LogP contribution < -0.4 is 0 Å². The van der Waals surface area contributed by atoms with Gasteiger partial charge in [0, 0.05) is 24.2 Å². The molecule has 1 aromatic heterocycles. The Kier molecular flexibility index (Phi) is 3.70. The first kappa shape index (κ1) is 12.4. The van der Waals surface area contributed by atoms with Crippen molar-refractivity contribution in [3.63, 3.8) is 0 Å². The number of Topliss-reactive ketones (excluding diaryl/α,β-unsaturated/α-hetero) is 1. The van der Waals surface area contributed by atoms with Crippen molar-refractivity contribution in [2.45, 2.75) is 58.3 Å². The molecule has 1 aromatic rings. The van der Waals surface area contributed by atoms with E-state index in [1.165, 1.54) is 6.42 Å². The van der Waals surface area contributed by atoms with Crippen LogP contribution in [0.3, 0.4) is 0 Å². The number of hydrogen-bond acceptors (Lipinski definition) is 2. The van der Waals surface area contributed by atoms with Crippen LogP contribution in [0.25, 0.3) is 0 Å². The molecule has 94 valence electrons. The Morgan fingerprint density at radius 3 is 2.47 bits per heavy atom. The summed E-state index contributed by atoms with van der Waals surface area (Å²) >= 11 is 0. The quantitative estimate of drug-likeness (QED) is 0.782. The van der Waals surface area contributed by atoms with Gasteiger partial charge in [-0.05, 0) is 25.0 Å². The van der Waals surface area contributed by atoms with Gasteiger partial charge in [0.05, 0.1) is 0 Å². The minimum atomic E-state index is 0.176. The smallest absolute Gasteiger partial charge is 0.136 e. The van der Waals surface area contributed by atoms with Crippen LogP contribution in [-0.4, -0.2) is 5.78 Å². The molecule has 0 N–H and O–H groups in total. The highest BCUT2D eigenvalue weighted by atomic mass is 16.3. The normalized spacial score (nSPS) is 23.1. The van der Waals surface area contributed by atoms with Gasteiger partial charge in [-0.1, -0.05) is 27.2 Å².